The molecule has 0 atom stereocenters. The zero-order valence-corrected chi connectivity index (χ0v) is 16.8. The first kappa shape index (κ1) is 17.9. The number of aromatic amines is 1. The van der Waals surface area contributed by atoms with Crippen LogP contribution in [-0.2, 0) is 0 Å². The molecule has 8 heteroatoms. The molecule has 0 saturated carbocycles. The second kappa shape index (κ2) is 6.82. The number of nitrogens with one attached hydrogen (secondary N) is 2. The van der Waals surface area contributed by atoms with Gasteiger partial charge in [0.05, 0.1) is 22.4 Å². The minimum atomic E-state index is -0.375. The van der Waals surface area contributed by atoms with Crippen LogP contribution in [-0.4, -0.2) is 20.0 Å². The summed E-state index contributed by atoms with van der Waals surface area (Å²) in [7, 11) is 0. The molecule has 6 nitrogen and oxygen atoms in total. The highest BCUT2D eigenvalue weighted by Crippen LogP contribution is 2.45. The van der Waals surface area contributed by atoms with E-state index in [9.17, 15) is 9.18 Å². The fourth-order valence-electron chi connectivity index (χ4n) is 3.67. The van der Waals surface area contributed by atoms with Gasteiger partial charge in [-0.05, 0) is 48.5 Å². The second-order valence-electron chi connectivity index (χ2n) is 7.15. The lowest BCUT2D eigenvalue weighted by Crippen LogP contribution is -2.09. The minimum absolute atomic E-state index is 0.278. The molecule has 3 heterocycles. The van der Waals surface area contributed by atoms with Crippen molar-refractivity contribution in [2.75, 3.05) is 5.32 Å². The van der Waals surface area contributed by atoms with Crippen LogP contribution < -0.4 is 10.9 Å². The second-order valence-corrected chi connectivity index (χ2v) is 8.23. The van der Waals surface area contributed by atoms with Gasteiger partial charge >= 0.3 is 0 Å². The molecule has 0 fully saturated rings. The molecule has 2 aromatic heterocycles. The van der Waals surface area contributed by atoms with Crippen LogP contribution in [0.2, 0.25) is 0 Å². The van der Waals surface area contributed by atoms with Crippen molar-refractivity contribution in [2.24, 2.45) is 0 Å². The van der Waals surface area contributed by atoms with E-state index in [1.807, 2.05) is 36.4 Å². The molecule has 0 radical (unpaired) electrons. The van der Waals surface area contributed by atoms with Gasteiger partial charge in [0, 0.05) is 21.6 Å². The average molecular weight is 427 g/mol. The Morgan fingerprint density at radius 3 is 2.61 bits per heavy atom. The van der Waals surface area contributed by atoms with E-state index >= 15 is 0 Å². The van der Waals surface area contributed by atoms with Crippen LogP contribution in [0.3, 0.4) is 0 Å². The van der Waals surface area contributed by atoms with Gasteiger partial charge in [-0.3, -0.25) is 4.79 Å². The van der Waals surface area contributed by atoms with E-state index in [2.05, 4.69) is 26.7 Å². The molecular formula is C23H14FN5OS. The molecule has 2 N–H and O–H groups in total. The molecule has 0 unspecified atom stereocenters. The van der Waals surface area contributed by atoms with Crippen molar-refractivity contribution in [3.63, 3.8) is 0 Å². The van der Waals surface area contributed by atoms with Crippen molar-refractivity contribution in [3.05, 3.63) is 89.1 Å². The van der Waals surface area contributed by atoms with Crippen LogP contribution in [0.5, 0.6) is 0 Å². The molecule has 0 spiro atoms. The number of fused-ring (bicyclic) bond motifs is 3. The first-order valence-corrected chi connectivity index (χ1v) is 10.4. The number of para-hydroxylation sites is 1. The predicted molar refractivity (Wildman–Crippen MR) is 119 cm³/mol. The predicted octanol–water partition coefficient (Wildman–Crippen LogP) is 5.12. The minimum Gasteiger partial charge on any atom is -0.354 e. The summed E-state index contributed by atoms with van der Waals surface area (Å²) in [6, 6.07) is 20.1. The van der Waals surface area contributed by atoms with Crippen LogP contribution in [0.25, 0.3) is 27.8 Å². The first-order chi connectivity index (χ1) is 15.2. The molecule has 6 rings (SSSR count). The van der Waals surface area contributed by atoms with Gasteiger partial charge in [-0.25, -0.2) is 14.2 Å². The maximum absolute atomic E-state index is 13.3. The lowest BCUT2D eigenvalue weighted by Gasteiger charge is -2.21. The monoisotopic (exact) mass is 427 g/mol. The fourth-order valence-corrected chi connectivity index (χ4v) is 4.64. The molecule has 150 valence electrons. The van der Waals surface area contributed by atoms with Gasteiger partial charge in [-0.1, -0.05) is 30.0 Å². The molecule has 5 aromatic rings. The molecule has 0 saturated heterocycles. The topological polar surface area (TPSA) is 75.6 Å². The number of rotatable bonds is 2. The normalized spacial score (nSPS) is 12.3. The molecule has 1 aliphatic heterocycles. The standard InChI is InChI=1S/C23H14FN5OS/c24-14-6-8-15(9-7-14)29-12-16-21(26-27-23(30)22(16)28-29)13-5-10-20-18(11-13)25-17-3-1-2-4-19(17)31-20/h1-12,25H,(H,27,30). The summed E-state index contributed by atoms with van der Waals surface area (Å²) in [6.45, 7) is 0. The molecule has 0 amide bonds. The Morgan fingerprint density at radius 1 is 0.935 bits per heavy atom. The van der Waals surface area contributed by atoms with Crippen molar-refractivity contribution in [1.82, 2.24) is 20.0 Å². The maximum atomic E-state index is 13.3. The number of H-pyrrole nitrogens is 1. The Balaban J connectivity index is 1.47. The molecule has 31 heavy (non-hydrogen) atoms. The summed E-state index contributed by atoms with van der Waals surface area (Å²) < 4.78 is 14.8. The quantitative estimate of drug-likeness (QED) is 0.401. The van der Waals surface area contributed by atoms with Crippen LogP contribution >= 0.6 is 11.8 Å². The van der Waals surface area contributed by atoms with E-state index in [4.69, 9.17) is 0 Å². The molecule has 1 aliphatic rings. The third-order valence-corrected chi connectivity index (χ3v) is 6.33. The summed E-state index contributed by atoms with van der Waals surface area (Å²) in [5, 5.41) is 15.3. The van der Waals surface area contributed by atoms with Gasteiger partial charge in [0.15, 0.2) is 5.52 Å². The third kappa shape index (κ3) is 3.00. The Hall–Kier alpha value is -3.91. The van der Waals surface area contributed by atoms with Crippen molar-refractivity contribution in [2.45, 2.75) is 9.79 Å². The lowest BCUT2D eigenvalue weighted by atomic mass is 10.1. The molecular weight excluding hydrogens is 413 g/mol. The smallest absolute Gasteiger partial charge is 0.292 e. The average Bonchev–Trinajstić information content (AvgIpc) is 3.24. The zero-order valence-electron chi connectivity index (χ0n) is 16.0. The molecule has 0 bridgehead atoms. The van der Waals surface area contributed by atoms with Crippen molar-refractivity contribution < 1.29 is 4.39 Å². The Morgan fingerprint density at radius 2 is 1.74 bits per heavy atom. The van der Waals surface area contributed by atoms with E-state index in [0.717, 1.165) is 21.8 Å². The summed E-state index contributed by atoms with van der Waals surface area (Å²) in [6.07, 6.45) is 1.75. The molecule has 0 aliphatic carbocycles. The van der Waals surface area contributed by atoms with E-state index in [0.29, 0.717) is 16.8 Å². The van der Waals surface area contributed by atoms with Gasteiger partial charge in [0.2, 0.25) is 0 Å². The lowest BCUT2D eigenvalue weighted by molar-refractivity contribution is 0.627. The molecule has 3 aromatic carbocycles. The highest BCUT2D eigenvalue weighted by Gasteiger charge is 2.18. The summed E-state index contributed by atoms with van der Waals surface area (Å²) in [5.41, 5.74) is 4.07. The number of nitrogens with zero attached hydrogens (tertiary/aromatic N) is 3. The number of benzene rings is 3. The Bertz CT molecular complexity index is 1520. The van der Waals surface area contributed by atoms with Gasteiger partial charge in [-0.15, -0.1) is 0 Å². The van der Waals surface area contributed by atoms with Gasteiger partial charge < -0.3 is 5.32 Å². The van der Waals surface area contributed by atoms with Gasteiger partial charge in [0.1, 0.15) is 11.5 Å². The van der Waals surface area contributed by atoms with E-state index in [1.54, 1.807) is 34.8 Å². The number of halogens is 1. The van der Waals surface area contributed by atoms with E-state index in [1.165, 1.54) is 17.0 Å². The number of aromatic nitrogens is 4. The zero-order chi connectivity index (χ0) is 20.9. The van der Waals surface area contributed by atoms with Crippen LogP contribution in [0.1, 0.15) is 0 Å². The summed E-state index contributed by atoms with van der Waals surface area (Å²) in [4.78, 5) is 14.7. The van der Waals surface area contributed by atoms with E-state index in [-0.39, 0.29) is 16.9 Å². The highest BCUT2D eigenvalue weighted by atomic mass is 32.2. The van der Waals surface area contributed by atoms with E-state index < -0.39 is 0 Å². The van der Waals surface area contributed by atoms with Crippen LogP contribution in [0, 0.1) is 5.82 Å². The maximum Gasteiger partial charge on any atom is 0.292 e. The Kier molecular flexibility index (Phi) is 3.94. The first-order valence-electron chi connectivity index (χ1n) is 9.58. The van der Waals surface area contributed by atoms with Crippen LogP contribution in [0.15, 0.2) is 87.5 Å². The largest absolute Gasteiger partial charge is 0.354 e. The number of hydrogen-bond acceptors (Lipinski definition) is 5. The van der Waals surface area contributed by atoms with Crippen molar-refractivity contribution >= 4 is 34.0 Å². The summed E-state index contributed by atoms with van der Waals surface area (Å²) in [5.74, 6) is -0.332. The number of anilines is 2. The fraction of sp³-hybridized carbons (Fsp3) is 0. The SMILES string of the molecule is O=c1[nH]nc(-c2ccc3c(c2)Nc2ccccc2S3)c2cn(-c3ccc(F)cc3)nc12. The summed E-state index contributed by atoms with van der Waals surface area (Å²) >= 11 is 1.71. The highest BCUT2D eigenvalue weighted by molar-refractivity contribution is 7.99. The number of hydrogen-bond donors (Lipinski definition) is 2. The van der Waals surface area contributed by atoms with Gasteiger partial charge in [-0.2, -0.15) is 10.2 Å². The van der Waals surface area contributed by atoms with Crippen LogP contribution in [0.4, 0.5) is 15.8 Å². The van der Waals surface area contributed by atoms with Gasteiger partial charge in [0.25, 0.3) is 5.56 Å². The third-order valence-electron chi connectivity index (χ3n) is 5.17. The Labute approximate surface area is 179 Å². The van der Waals surface area contributed by atoms with Crippen molar-refractivity contribution in [1.29, 1.82) is 0 Å². The van der Waals surface area contributed by atoms with Crippen molar-refractivity contribution in [3.8, 4) is 16.9 Å².